The van der Waals surface area contributed by atoms with Crippen molar-refractivity contribution in [2.45, 2.75) is 6.92 Å². The molecule has 0 aliphatic carbocycles. The van der Waals surface area contributed by atoms with E-state index in [-0.39, 0.29) is 0 Å². The molecule has 6 nitrogen and oxygen atoms in total. The predicted molar refractivity (Wildman–Crippen MR) is 81.5 cm³/mol. The highest BCUT2D eigenvalue weighted by Gasteiger charge is 2.11. The number of aromatic nitrogens is 5. The van der Waals surface area contributed by atoms with Gasteiger partial charge in [0.05, 0.1) is 17.4 Å². The van der Waals surface area contributed by atoms with Crippen LogP contribution in [-0.2, 0) is 7.05 Å². The summed E-state index contributed by atoms with van der Waals surface area (Å²) in [7, 11) is 1.74. The Balaban J connectivity index is 1.96. The number of hydrogen-bond donors (Lipinski definition) is 1. The van der Waals surface area contributed by atoms with Gasteiger partial charge in [0, 0.05) is 12.7 Å². The molecule has 7 heteroatoms. The second-order valence-corrected chi connectivity index (χ2v) is 4.96. The van der Waals surface area contributed by atoms with Gasteiger partial charge in [-0.05, 0) is 18.6 Å². The maximum Gasteiger partial charge on any atom is 0.227 e. The molecule has 0 saturated heterocycles. The van der Waals surface area contributed by atoms with Gasteiger partial charge in [0.15, 0.2) is 0 Å². The third kappa shape index (κ3) is 2.85. The highest BCUT2D eigenvalue weighted by Crippen LogP contribution is 2.25. The average molecular weight is 301 g/mol. The Labute approximate surface area is 126 Å². The predicted octanol–water partition coefficient (Wildman–Crippen LogP) is 2.98. The molecule has 106 valence electrons. The Morgan fingerprint density at radius 3 is 2.71 bits per heavy atom. The van der Waals surface area contributed by atoms with E-state index in [1.807, 2.05) is 31.2 Å². The first-order valence-corrected chi connectivity index (χ1v) is 6.73. The van der Waals surface area contributed by atoms with Crippen LogP contribution in [-0.4, -0.2) is 25.0 Å². The van der Waals surface area contributed by atoms with Crippen LogP contribution < -0.4 is 5.32 Å². The van der Waals surface area contributed by atoms with Crippen molar-refractivity contribution in [3.05, 3.63) is 47.2 Å². The maximum atomic E-state index is 6.14. The molecule has 0 unspecified atom stereocenters. The number of halogens is 1. The second kappa shape index (κ2) is 5.49. The Bertz CT molecular complexity index is 783. The van der Waals surface area contributed by atoms with Crippen LogP contribution in [0.4, 0.5) is 11.6 Å². The lowest BCUT2D eigenvalue weighted by Crippen LogP contribution is -2.00. The first kappa shape index (κ1) is 13.5. The van der Waals surface area contributed by atoms with E-state index >= 15 is 0 Å². The van der Waals surface area contributed by atoms with Gasteiger partial charge in [-0.1, -0.05) is 29.8 Å². The minimum atomic E-state index is 0.436. The van der Waals surface area contributed by atoms with E-state index in [2.05, 4.69) is 25.5 Å². The van der Waals surface area contributed by atoms with Gasteiger partial charge in [-0.15, -0.1) is 0 Å². The van der Waals surface area contributed by atoms with Crippen molar-refractivity contribution in [2.75, 3.05) is 5.32 Å². The average Bonchev–Trinajstić information content (AvgIpc) is 2.90. The van der Waals surface area contributed by atoms with E-state index in [1.54, 1.807) is 19.4 Å². The van der Waals surface area contributed by atoms with Crippen LogP contribution in [0.3, 0.4) is 0 Å². The number of aryl methyl sites for hydroxylation is 2. The number of hydrogen-bond acceptors (Lipinski definition) is 5. The molecule has 0 amide bonds. The van der Waals surface area contributed by atoms with Crippen LogP contribution in [0.2, 0.25) is 5.02 Å². The molecule has 1 aromatic carbocycles. The minimum absolute atomic E-state index is 0.436. The first-order valence-electron chi connectivity index (χ1n) is 6.35. The van der Waals surface area contributed by atoms with Crippen molar-refractivity contribution in [3.8, 4) is 11.4 Å². The molecule has 0 fully saturated rings. The van der Waals surface area contributed by atoms with Gasteiger partial charge in [0.25, 0.3) is 0 Å². The van der Waals surface area contributed by atoms with Crippen LogP contribution in [0, 0.1) is 6.92 Å². The molecule has 0 saturated carbocycles. The monoisotopic (exact) mass is 300 g/mol. The molecule has 3 aromatic rings. The lowest BCUT2D eigenvalue weighted by Gasteiger charge is -2.08. The van der Waals surface area contributed by atoms with Gasteiger partial charge in [-0.3, -0.25) is 0 Å². The van der Waals surface area contributed by atoms with E-state index in [4.69, 9.17) is 11.6 Å². The van der Waals surface area contributed by atoms with Gasteiger partial charge in [0.2, 0.25) is 5.95 Å². The largest absolute Gasteiger partial charge is 0.324 e. The molecule has 0 atom stereocenters. The summed E-state index contributed by atoms with van der Waals surface area (Å²) in [5.74, 6) is 0.467. The Morgan fingerprint density at radius 1 is 1.19 bits per heavy atom. The summed E-state index contributed by atoms with van der Waals surface area (Å²) in [6, 6.07) is 7.92. The molecule has 0 radical (unpaired) electrons. The molecule has 21 heavy (non-hydrogen) atoms. The summed E-state index contributed by atoms with van der Waals surface area (Å²) < 4.78 is 0. The smallest absolute Gasteiger partial charge is 0.227 e. The number of para-hydroxylation sites is 1. The summed E-state index contributed by atoms with van der Waals surface area (Å²) in [6.45, 7) is 2.02. The first-order chi connectivity index (χ1) is 10.1. The van der Waals surface area contributed by atoms with Crippen molar-refractivity contribution in [2.24, 2.45) is 7.05 Å². The highest BCUT2D eigenvalue weighted by molar-refractivity contribution is 6.32. The highest BCUT2D eigenvalue weighted by atomic mass is 35.5. The molecule has 2 aromatic heterocycles. The van der Waals surface area contributed by atoms with E-state index in [9.17, 15) is 0 Å². The van der Waals surface area contributed by atoms with Crippen LogP contribution >= 0.6 is 11.6 Å². The zero-order chi connectivity index (χ0) is 14.8. The summed E-state index contributed by atoms with van der Waals surface area (Å²) in [5.41, 5.74) is 3.22. The minimum Gasteiger partial charge on any atom is -0.324 e. The molecule has 2 heterocycles. The standard InChI is InChI=1S/C14H13ClN6/c1-9-5-3-4-6-11(9)18-14-16-7-10(15)13(19-14)12-8-17-21(2)20-12/h3-8H,1-2H3,(H,16,18,19). The quantitative estimate of drug-likeness (QED) is 0.805. The van der Waals surface area contributed by atoms with Gasteiger partial charge in [0.1, 0.15) is 11.4 Å². The van der Waals surface area contributed by atoms with Crippen LogP contribution in [0.15, 0.2) is 36.7 Å². The lowest BCUT2D eigenvalue weighted by molar-refractivity contribution is 0.655. The van der Waals surface area contributed by atoms with Gasteiger partial charge in [-0.2, -0.15) is 15.0 Å². The third-order valence-electron chi connectivity index (χ3n) is 2.98. The Hall–Kier alpha value is -2.47. The van der Waals surface area contributed by atoms with Crippen molar-refractivity contribution in [1.29, 1.82) is 0 Å². The van der Waals surface area contributed by atoms with Crippen molar-refractivity contribution >= 4 is 23.2 Å². The summed E-state index contributed by atoms with van der Waals surface area (Å²) in [5, 5.41) is 11.9. The molecule has 0 spiro atoms. The Morgan fingerprint density at radius 2 is 2.00 bits per heavy atom. The van der Waals surface area contributed by atoms with E-state index in [1.165, 1.54) is 4.80 Å². The summed E-state index contributed by atoms with van der Waals surface area (Å²) >= 11 is 6.14. The number of nitrogens with one attached hydrogen (secondary N) is 1. The van der Waals surface area contributed by atoms with Gasteiger partial charge >= 0.3 is 0 Å². The SMILES string of the molecule is Cc1ccccc1Nc1ncc(Cl)c(-c2cnn(C)n2)n1. The fourth-order valence-corrected chi connectivity index (χ4v) is 2.08. The van der Waals surface area contributed by atoms with Crippen LogP contribution in [0.1, 0.15) is 5.56 Å². The zero-order valence-electron chi connectivity index (χ0n) is 11.6. The molecule has 0 aliphatic heterocycles. The van der Waals surface area contributed by atoms with Gasteiger partial charge in [-0.25, -0.2) is 9.97 Å². The number of benzene rings is 1. The molecule has 1 N–H and O–H groups in total. The number of anilines is 2. The second-order valence-electron chi connectivity index (χ2n) is 4.55. The molecular formula is C14H13ClN6. The van der Waals surface area contributed by atoms with E-state index in [0.717, 1.165) is 11.3 Å². The number of nitrogens with zero attached hydrogens (tertiary/aromatic N) is 5. The fourth-order valence-electron chi connectivity index (χ4n) is 1.89. The topological polar surface area (TPSA) is 68.5 Å². The molecule has 0 aliphatic rings. The van der Waals surface area contributed by atoms with Crippen molar-refractivity contribution in [3.63, 3.8) is 0 Å². The zero-order valence-corrected chi connectivity index (χ0v) is 12.3. The number of rotatable bonds is 3. The summed E-state index contributed by atoms with van der Waals surface area (Å²) in [6.07, 6.45) is 3.17. The normalized spacial score (nSPS) is 10.6. The van der Waals surface area contributed by atoms with E-state index < -0.39 is 0 Å². The summed E-state index contributed by atoms with van der Waals surface area (Å²) in [4.78, 5) is 10.1. The maximum absolute atomic E-state index is 6.14. The van der Waals surface area contributed by atoms with Gasteiger partial charge < -0.3 is 5.32 Å². The molecule has 3 rings (SSSR count). The van der Waals surface area contributed by atoms with Crippen molar-refractivity contribution < 1.29 is 0 Å². The van der Waals surface area contributed by atoms with Crippen LogP contribution in [0.25, 0.3) is 11.4 Å². The Kier molecular flexibility index (Phi) is 3.53. The van der Waals surface area contributed by atoms with Crippen molar-refractivity contribution in [1.82, 2.24) is 25.0 Å². The molecule has 0 bridgehead atoms. The van der Waals surface area contributed by atoms with Crippen LogP contribution in [0.5, 0.6) is 0 Å². The molecular weight excluding hydrogens is 288 g/mol. The third-order valence-corrected chi connectivity index (χ3v) is 3.25. The fraction of sp³-hybridized carbons (Fsp3) is 0.143. The lowest BCUT2D eigenvalue weighted by atomic mass is 10.2. The van der Waals surface area contributed by atoms with E-state index in [0.29, 0.717) is 22.4 Å².